The van der Waals surface area contributed by atoms with Gasteiger partial charge in [-0.25, -0.2) is 8.42 Å². The Hall–Kier alpha value is -1.56. The molecule has 23 heavy (non-hydrogen) atoms. The number of hydrogen-bond acceptors (Lipinski definition) is 3. The quantitative estimate of drug-likeness (QED) is 0.850. The lowest BCUT2D eigenvalue weighted by atomic mass is 10.1. The van der Waals surface area contributed by atoms with E-state index in [-0.39, 0.29) is 4.90 Å². The first-order chi connectivity index (χ1) is 11.0. The fourth-order valence-electron chi connectivity index (χ4n) is 2.60. The van der Waals surface area contributed by atoms with E-state index in [1.165, 1.54) is 16.4 Å². The first-order valence-electron chi connectivity index (χ1n) is 7.51. The molecule has 0 atom stereocenters. The van der Waals surface area contributed by atoms with Crippen LogP contribution in [-0.2, 0) is 23.0 Å². The van der Waals surface area contributed by atoms with Gasteiger partial charge >= 0.3 is 0 Å². The molecule has 0 spiro atoms. The van der Waals surface area contributed by atoms with Gasteiger partial charge in [-0.1, -0.05) is 30.7 Å². The fourth-order valence-corrected chi connectivity index (χ4v) is 4.13. The first kappa shape index (κ1) is 16.3. The van der Waals surface area contributed by atoms with Gasteiger partial charge in [0.25, 0.3) is 0 Å². The minimum absolute atomic E-state index is 0.247. The van der Waals surface area contributed by atoms with E-state index < -0.39 is 10.0 Å². The Bertz CT molecular complexity index is 803. The largest absolute Gasteiger partial charge is 0.492 e. The summed E-state index contributed by atoms with van der Waals surface area (Å²) in [5, 5.41) is 0.515. The Balaban J connectivity index is 1.94. The van der Waals surface area contributed by atoms with Crippen LogP contribution >= 0.6 is 11.6 Å². The van der Waals surface area contributed by atoms with Crippen LogP contribution in [0.5, 0.6) is 5.75 Å². The number of benzene rings is 2. The van der Waals surface area contributed by atoms with Gasteiger partial charge in [0.1, 0.15) is 12.4 Å². The van der Waals surface area contributed by atoms with Crippen LogP contribution in [0.25, 0.3) is 0 Å². The van der Waals surface area contributed by atoms with Crippen molar-refractivity contribution in [2.75, 3.05) is 13.2 Å². The maximum Gasteiger partial charge on any atom is 0.243 e. The van der Waals surface area contributed by atoms with Crippen molar-refractivity contribution in [2.24, 2.45) is 0 Å². The molecule has 0 fully saturated rings. The third-order valence-electron chi connectivity index (χ3n) is 3.93. The number of rotatable bonds is 3. The highest BCUT2D eigenvalue weighted by Crippen LogP contribution is 2.28. The van der Waals surface area contributed by atoms with Crippen LogP contribution in [0.15, 0.2) is 47.4 Å². The molecule has 2 aromatic carbocycles. The summed E-state index contributed by atoms with van der Waals surface area (Å²) in [6.45, 7) is 3.04. The van der Waals surface area contributed by atoms with Gasteiger partial charge in [-0.15, -0.1) is 0 Å². The summed E-state index contributed by atoms with van der Waals surface area (Å²) in [6.07, 6.45) is 0.900. The molecule has 1 aliphatic rings. The van der Waals surface area contributed by atoms with E-state index in [0.717, 1.165) is 23.3 Å². The predicted molar refractivity (Wildman–Crippen MR) is 90.4 cm³/mol. The lowest BCUT2D eigenvalue weighted by molar-refractivity contribution is 0.293. The zero-order chi connectivity index (χ0) is 16.4. The van der Waals surface area contributed by atoms with E-state index in [0.29, 0.717) is 24.7 Å². The fraction of sp³-hybridized carbons (Fsp3) is 0.294. The third-order valence-corrected chi connectivity index (χ3v) is 6.04. The first-order valence-corrected chi connectivity index (χ1v) is 9.33. The molecule has 0 aromatic heterocycles. The second-order valence-corrected chi connectivity index (χ2v) is 7.81. The van der Waals surface area contributed by atoms with Crippen molar-refractivity contribution in [3.05, 3.63) is 58.6 Å². The summed E-state index contributed by atoms with van der Waals surface area (Å²) in [4.78, 5) is 0.247. The second kappa shape index (κ2) is 6.51. The molecule has 0 amide bonds. The van der Waals surface area contributed by atoms with E-state index in [9.17, 15) is 8.42 Å². The number of ether oxygens (including phenoxy) is 1. The van der Waals surface area contributed by atoms with E-state index in [1.54, 1.807) is 12.1 Å². The molecule has 0 unspecified atom stereocenters. The highest BCUT2D eigenvalue weighted by molar-refractivity contribution is 7.89. The van der Waals surface area contributed by atoms with Gasteiger partial charge in [-0.05, 0) is 42.3 Å². The van der Waals surface area contributed by atoms with Crippen LogP contribution in [-0.4, -0.2) is 25.9 Å². The monoisotopic (exact) mass is 351 g/mol. The Kier molecular flexibility index (Phi) is 4.62. The summed E-state index contributed by atoms with van der Waals surface area (Å²) in [5.41, 5.74) is 2.07. The maximum absolute atomic E-state index is 12.8. The number of hydrogen-bond donors (Lipinski definition) is 0. The smallest absolute Gasteiger partial charge is 0.243 e. The number of nitrogens with zero attached hydrogens (tertiary/aromatic N) is 1. The third kappa shape index (κ3) is 3.37. The number of fused-ring (bicyclic) bond motifs is 1. The van der Waals surface area contributed by atoms with Crippen LogP contribution in [0.4, 0.5) is 0 Å². The van der Waals surface area contributed by atoms with E-state index in [4.69, 9.17) is 16.3 Å². The van der Waals surface area contributed by atoms with Crippen LogP contribution in [0.2, 0.25) is 5.02 Å². The van der Waals surface area contributed by atoms with Crippen LogP contribution < -0.4 is 4.74 Å². The minimum Gasteiger partial charge on any atom is -0.492 e. The van der Waals surface area contributed by atoms with E-state index >= 15 is 0 Å². The molecule has 2 aromatic rings. The van der Waals surface area contributed by atoms with Gasteiger partial charge in [0.15, 0.2) is 0 Å². The lowest BCUT2D eigenvalue weighted by Crippen LogP contribution is -2.32. The molecule has 0 N–H and O–H groups in total. The van der Waals surface area contributed by atoms with Gasteiger partial charge in [0.05, 0.1) is 4.90 Å². The molecule has 0 saturated carbocycles. The molecular formula is C17H18ClNO3S. The molecule has 1 heterocycles. The minimum atomic E-state index is -3.57. The molecule has 3 rings (SSSR count). The second-order valence-electron chi connectivity index (χ2n) is 5.44. The van der Waals surface area contributed by atoms with E-state index in [1.807, 2.05) is 18.2 Å². The normalized spacial score (nSPS) is 15.6. The number of sulfonamides is 1. The Morgan fingerprint density at radius 1 is 1.17 bits per heavy atom. The SMILES string of the molecule is CCc1ccc2c(c1)CN(S(=O)(=O)c1ccc(Cl)cc1)CCO2. The zero-order valence-electron chi connectivity index (χ0n) is 12.8. The zero-order valence-corrected chi connectivity index (χ0v) is 14.4. The van der Waals surface area contributed by atoms with Gasteiger partial charge < -0.3 is 4.74 Å². The number of aryl methyl sites for hydroxylation is 1. The lowest BCUT2D eigenvalue weighted by Gasteiger charge is -2.19. The van der Waals surface area contributed by atoms with Crippen molar-refractivity contribution in [3.8, 4) is 5.75 Å². The molecule has 1 aliphatic heterocycles. The van der Waals surface area contributed by atoms with Gasteiger partial charge in [-0.3, -0.25) is 0 Å². The molecule has 6 heteroatoms. The van der Waals surface area contributed by atoms with Crippen molar-refractivity contribution in [3.63, 3.8) is 0 Å². The topological polar surface area (TPSA) is 46.6 Å². The van der Waals surface area contributed by atoms with Crippen LogP contribution in [0, 0.1) is 0 Å². The molecule has 122 valence electrons. The standard InChI is InChI=1S/C17H18ClNO3S/c1-2-13-3-8-17-14(11-13)12-19(9-10-22-17)23(20,21)16-6-4-15(18)5-7-16/h3-8,11H,2,9-10,12H2,1H3. The molecule has 4 nitrogen and oxygen atoms in total. The molecule has 0 radical (unpaired) electrons. The molecule has 0 saturated heterocycles. The summed E-state index contributed by atoms with van der Waals surface area (Å²) < 4.78 is 32.8. The average Bonchev–Trinajstić information content (AvgIpc) is 2.77. The molecule has 0 bridgehead atoms. The van der Waals surface area contributed by atoms with Crippen molar-refractivity contribution in [1.29, 1.82) is 0 Å². The molecule has 0 aliphatic carbocycles. The van der Waals surface area contributed by atoms with Crippen molar-refractivity contribution in [1.82, 2.24) is 4.31 Å². The van der Waals surface area contributed by atoms with Crippen LogP contribution in [0.3, 0.4) is 0 Å². The maximum atomic E-state index is 12.8. The number of halogens is 1. The van der Waals surface area contributed by atoms with Gasteiger partial charge in [-0.2, -0.15) is 4.31 Å². The van der Waals surface area contributed by atoms with Crippen LogP contribution in [0.1, 0.15) is 18.1 Å². The highest BCUT2D eigenvalue weighted by Gasteiger charge is 2.27. The van der Waals surface area contributed by atoms with Gasteiger partial charge in [0.2, 0.25) is 10.0 Å². The highest BCUT2D eigenvalue weighted by atomic mass is 35.5. The summed E-state index contributed by atoms with van der Waals surface area (Å²) >= 11 is 5.85. The average molecular weight is 352 g/mol. The van der Waals surface area contributed by atoms with Gasteiger partial charge in [0, 0.05) is 23.7 Å². The van der Waals surface area contributed by atoms with Crippen molar-refractivity contribution < 1.29 is 13.2 Å². The Labute approximate surface area is 141 Å². The predicted octanol–water partition coefficient (Wildman–Crippen LogP) is 3.49. The van der Waals surface area contributed by atoms with Crippen molar-refractivity contribution >= 4 is 21.6 Å². The molecular weight excluding hydrogens is 334 g/mol. The van der Waals surface area contributed by atoms with E-state index in [2.05, 4.69) is 6.92 Å². The Morgan fingerprint density at radius 2 is 1.91 bits per heavy atom. The Morgan fingerprint density at radius 3 is 2.61 bits per heavy atom. The summed E-state index contributed by atoms with van der Waals surface area (Å²) in [6, 6.07) is 12.2. The van der Waals surface area contributed by atoms with Crippen molar-refractivity contribution in [2.45, 2.75) is 24.8 Å². The summed E-state index contributed by atoms with van der Waals surface area (Å²) in [7, 11) is -3.57. The summed E-state index contributed by atoms with van der Waals surface area (Å²) in [5.74, 6) is 0.760.